The van der Waals surface area contributed by atoms with Gasteiger partial charge in [0.25, 0.3) is 0 Å². The summed E-state index contributed by atoms with van der Waals surface area (Å²) < 4.78 is 14.4. The van der Waals surface area contributed by atoms with E-state index in [0.717, 1.165) is 16.7 Å². The highest BCUT2D eigenvalue weighted by Crippen LogP contribution is 2.23. The summed E-state index contributed by atoms with van der Waals surface area (Å²) in [6.45, 7) is 1.87. The molecule has 0 aliphatic rings. The van der Waals surface area contributed by atoms with E-state index < -0.39 is 5.91 Å². The number of halogens is 1. The van der Waals surface area contributed by atoms with Crippen molar-refractivity contribution in [2.45, 2.75) is 13.5 Å². The molecule has 2 N–H and O–H groups in total. The van der Waals surface area contributed by atoms with Crippen molar-refractivity contribution >= 4 is 5.91 Å². The Bertz CT molecular complexity index is 563. The standard InChI is InChI=1S/C12H12FN3O/c1-8-4-10(13)2-3-11(8)9-5-15-16(6-9)7-12(14)17/h2-6H,7H2,1H3,(H2,14,17). The zero-order valence-electron chi connectivity index (χ0n) is 9.35. The monoisotopic (exact) mass is 233 g/mol. The first kappa shape index (κ1) is 11.3. The zero-order valence-corrected chi connectivity index (χ0v) is 9.35. The van der Waals surface area contributed by atoms with Crippen molar-refractivity contribution in [2.75, 3.05) is 0 Å². The lowest BCUT2D eigenvalue weighted by atomic mass is 10.0. The first-order chi connectivity index (χ1) is 8.06. The molecule has 0 bridgehead atoms. The van der Waals surface area contributed by atoms with Gasteiger partial charge in [-0.05, 0) is 30.2 Å². The van der Waals surface area contributed by atoms with Gasteiger partial charge in [0.05, 0.1) is 6.20 Å². The van der Waals surface area contributed by atoms with Crippen molar-refractivity contribution in [1.82, 2.24) is 9.78 Å². The van der Waals surface area contributed by atoms with Crippen LogP contribution in [0.3, 0.4) is 0 Å². The van der Waals surface area contributed by atoms with Crippen LogP contribution < -0.4 is 5.73 Å². The number of benzene rings is 1. The molecule has 0 spiro atoms. The van der Waals surface area contributed by atoms with Crippen molar-refractivity contribution in [3.63, 3.8) is 0 Å². The lowest BCUT2D eigenvalue weighted by molar-refractivity contribution is -0.118. The number of nitrogens with zero attached hydrogens (tertiary/aromatic N) is 2. The first-order valence-corrected chi connectivity index (χ1v) is 5.13. The van der Waals surface area contributed by atoms with Crippen LogP contribution in [-0.4, -0.2) is 15.7 Å². The van der Waals surface area contributed by atoms with Gasteiger partial charge in [-0.15, -0.1) is 0 Å². The summed E-state index contributed by atoms with van der Waals surface area (Å²) in [5.41, 5.74) is 7.62. The third kappa shape index (κ3) is 2.50. The van der Waals surface area contributed by atoms with Crippen molar-refractivity contribution in [2.24, 2.45) is 5.73 Å². The van der Waals surface area contributed by atoms with Crippen LogP contribution in [0.4, 0.5) is 4.39 Å². The Labute approximate surface area is 97.9 Å². The van der Waals surface area contributed by atoms with Crippen molar-refractivity contribution in [3.05, 3.63) is 42.0 Å². The lowest BCUT2D eigenvalue weighted by Gasteiger charge is -2.02. The molecule has 4 nitrogen and oxygen atoms in total. The second-order valence-electron chi connectivity index (χ2n) is 3.85. The van der Waals surface area contributed by atoms with E-state index in [2.05, 4.69) is 5.10 Å². The fourth-order valence-corrected chi connectivity index (χ4v) is 1.70. The summed E-state index contributed by atoms with van der Waals surface area (Å²) in [6, 6.07) is 4.55. The van der Waals surface area contributed by atoms with Gasteiger partial charge in [0.15, 0.2) is 0 Å². The van der Waals surface area contributed by atoms with Crippen LogP contribution in [0.15, 0.2) is 30.6 Å². The van der Waals surface area contributed by atoms with Gasteiger partial charge in [-0.2, -0.15) is 5.10 Å². The smallest absolute Gasteiger partial charge is 0.239 e. The van der Waals surface area contributed by atoms with Crippen LogP contribution in [0.2, 0.25) is 0 Å². The Morgan fingerprint density at radius 2 is 2.29 bits per heavy atom. The third-order valence-corrected chi connectivity index (χ3v) is 2.45. The van der Waals surface area contributed by atoms with E-state index in [4.69, 9.17) is 5.73 Å². The van der Waals surface area contributed by atoms with E-state index in [1.165, 1.54) is 16.8 Å². The topological polar surface area (TPSA) is 60.9 Å². The van der Waals surface area contributed by atoms with E-state index in [9.17, 15) is 9.18 Å². The molecular formula is C12H12FN3O. The molecule has 5 heteroatoms. The molecule has 1 heterocycles. The molecule has 17 heavy (non-hydrogen) atoms. The molecule has 0 radical (unpaired) electrons. The van der Waals surface area contributed by atoms with E-state index in [1.54, 1.807) is 18.5 Å². The fourth-order valence-electron chi connectivity index (χ4n) is 1.70. The molecule has 1 amide bonds. The van der Waals surface area contributed by atoms with E-state index in [1.807, 2.05) is 6.92 Å². The fraction of sp³-hybridized carbons (Fsp3) is 0.167. The average molecular weight is 233 g/mol. The summed E-state index contributed by atoms with van der Waals surface area (Å²) in [7, 11) is 0. The summed E-state index contributed by atoms with van der Waals surface area (Å²) in [5, 5.41) is 4.02. The van der Waals surface area contributed by atoms with Crippen LogP contribution in [0.5, 0.6) is 0 Å². The predicted octanol–water partition coefficient (Wildman–Crippen LogP) is 1.48. The number of hydrogen-bond acceptors (Lipinski definition) is 2. The first-order valence-electron chi connectivity index (χ1n) is 5.13. The van der Waals surface area contributed by atoms with Crippen LogP contribution in [0.1, 0.15) is 5.56 Å². The maximum atomic E-state index is 13.0. The van der Waals surface area contributed by atoms with Gasteiger partial charge in [-0.25, -0.2) is 4.39 Å². The van der Waals surface area contributed by atoms with Gasteiger partial charge in [-0.3, -0.25) is 9.48 Å². The van der Waals surface area contributed by atoms with E-state index >= 15 is 0 Å². The molecule has 0 fully saturated rings. The SMILES string of the molecule is Cc1cc(F)ccc1-c1cnn(CC(N)=O)c1. The molecule has 0 atom stereocenters. The number of aryl methyl sites for hydroxylation is 1. The van der Waals surface area contributed by atoms with Gasteiger partial charge in [0.2, 0.25) is 5.91 Å². The van der Waals surface area contributed by atoms with Crippen molar-refractivity contribution in [3.8, 4) is 11.1 Å². The molecule has 0 aliphatic carbocycles. The largest absolute Gasteiger partial charge is 0.368 e. The summed E-state index contributed by atoms with van der Waals surface area (Å²) in [5.74, 6) is -0.716. The molecule has 1 aromatic carbocycles. The van der Waals surface area contributed by atoms with Crippen molar-refractivity contribution in [1.29, 1.82) is 0 Å². The number of nitrogens with two attached hydrogens (primary N) is 1. The Hall–Kier alpha value is -2.17. The third-order valence-electron chi connectivity index (χ3n) is 2.45. The maximum Gasteiger partial charge on any atom is 0.239 e. The second kappa shape index (κ2) is 4.37. The number of rotatable bonds is 3. The summed E-state index contributed by atoms with van der Waals surface area (Å²) in [6.07, 6.45) is 3.34. The van der Waals surface area contributed by atoms with Gasteiger partial charge in [0.1, 0.15) is 12.4 Å². The Balaban J connectivity index is 2.33. The van der Waals surface area contributed by atoms with Crippen molar-refractivity contribution < 1.29 is 9.18 Å². The van der Waals surface area contributed by atoms with Crippen LogP contribution in [0.25, 0.3) is 11.1 Å². The highest BCUT2D eigenvalue weighted by molar-refractivity contribution is 5.73. The minimum atomic E-state index is -0.449. The number of primary amides is 1. The summed E-state index contributed by atoms with van der Waals surface area (Å²) in [4.78, 5) is 10.7. The minimum absolute atomic E-state index is 0.0419. The average Bonchev–Trinajstić information content (AvgIpc) is 2.65. The molecule has 0 aliphatic heterocycles. The normalized spacial score (nSPS) is 10.5. The van der Waals surface area contributed by atoms with Crippen LogP contribution >= 0.6 is 0 Å². The molecule has 2 aromatic rings. The Kier molecular flexibility index (Phi) is 2.91. The molecule has 0 saturated heterocycles. The van der Waals surface area contributed by atoms with Gasteiger partial charge < -0.3 is 5.73 Å². The number of hydrogen-bond donors (Lipinski definition) is 1. The highest BCUT2D eigenvalue weighted by atomic mass is 19.1. The van der Waals surface area contributed by atoms with Gasteiger partial charge in [0, 0.05) is 11.8 Å². The van der Waals surface area contributed by atoms with Crippen LogP contribution in [-0.2, 0) is 11.3 Å². The highest BCUT2D eigenvalue weighted by Gasteiger charge is 2.06. The molecule has 0 unspecified atom stereocenters. The Morgan fingerprint density at radius 1 is 1.53 bits per heavy atom. The van der Waals surface area contributed by atoms with Crippen LogP contribution in [0, 0.1) is 12.7 Å². The molecule has 88 valence electrons. The minimum Gasteiger partial charge on any atom is -0.368 e. The maximum absolute atomic E-state index is 13.0. The van der Waals surface area contributed by atoms with E-state index in [0.29, 0.717) is 0 Å². The molecule has 2 rings (SSSR count). The number of amides is 1. The second-order valence-corrected chi connectivity index (χ2v) is 3.85. The predicted molar refractivity (Wildman–Crippen MR) is 61.6 cm³/mol. The molecule has 0 saturated carbocycles. The van der Waals surface area contributed by atoms with Gasteiger partial charge >= 0.3 is 0 Å². The quantitative estimate of drug-likeness (QED) is 0.872. The number of aromatic nitrogens is 2. The number of carbonyl (C=O) groups excluding carboxylic acids is 1. The number of carbonyl (C=O) groups is 1. The zero-order chi connectivity index (χ0) is 12.4. The Morgan fingerprint density at radius 3 is 2.94 bits per heavy atom. The lowest BCUT2D eigenvalue weighted by Crippen LogP contribution is -2.18. The summed E-state index contributed by atoms with van der Waals surface area (Å²) >= 11 is 0. The molecular weight excluding hydrogens is 221 g/mol. The molecule has 1 aromatic heterocycles. The van der Waals surface area contributed by atoms with E-state index in [-0.39, 0.29) is 12.4 Å². The van der Waals surface area contributed by atoms with Gasteiger partial charge in [-0.1, -0.05) is 6.07 Å².